The van der Waals surface area contributed by atoms with E-state index in [1.165, 1.54) is 12.1 Å². The first-order valence-electron chi connectivity index (χ1n) is 5.23. The highest BCUT2D eigenvalue weighted by Crippen LogP contribution is 2.16. The standard InChI is InChI=1S/C12H15NO4/c1-2-12(13,11(16)17)7-8-3-5-9(6-4-8)10(14)15/h3-6H,2,7,13H2,1H3,(H,14,15)(H,16,17). The third-order valence-corrected chi connectivity index (χ3v) is 2.78. The van der Waals surface area contributed by atoms with E-state index in [4.69, 9.17) is 15.9 Å². The van der Waals surface area contributed by atoms with Gasteiger partial charge in [-0.15, -0.1) is 0 Å². The summed E-state index contributed by atoms with van der Waals surface area (Å²) in [6.45, 7) is 1.71. The van der Waals surface area contributed by atoms with E-state index < -0.39 is 17.5 Å². The van der Waals surface area contributed by atoms with E-state index in [9.17, 15) is 9.59 Å². The Morgan fingerprint density at radius 1 is 1.24 bits per heavy atom. The monoisotopic (exact) mass is 237 g/mol. The molecule has 0 aliphatic rings. The summed E-state index contributed by atoms with van der Waals surface area (Å²) < 4.78 is 0. The maximum atomic E-state index is 11.0. The number of aliphatic carboxylic acids is 1. The number of aromatic carboxylic acids is 1. The SMILES string of the molecule is CCC(N)(Cc1ccc(C(=O)O)cc1)C(=O)O. The van der Waals surface area contributed by atoms with Gasteiger partial charge in [0.15, 0.2) is 0 Å². The fraction of sp³-hybridized carbons (Fsp3) is 0.333. The molecule has 0 saturated carbocycles. The quantitative estimate of drug-likeness (QED) is 0.712. The van der Waals surface area contributed by atoms with Crippen LogP contribution >= 0.6 is 0 Å². The Balaban J connectivity index is 2.88. The minimum absolute atomic E-state index is 0.170. The van der Waals surface area contributed by atoms with E-state index in [0.717, 1.165) is 0 Å². The van der Waals surface area contributed by atoms with Crippen LogP contribution in [0.4, 0.5) is 0 Å². The molecule has 92 valence electrons. The Bertz CT molecular complexity index is 427. The van der Waals surface area contributed by atoms with Crippen molar-refractivity contribution in [2.45, 2.75) is 25.3 Å². The molecule has 0 spiro atoms. The number of nitrogens with two attached hydrogens (primary N) is 1. The molecule has 0 amide bonds. The van der Waals surface area contributed by atoms with Gasteiger partial charge < -0.3 is 15.9 Å². The van der Waals surface area contributed by atoms with E-state index in [2.05, 4.69) is 0 Å². The zero-order valence-electron chi connectivity index (χ0n) is 9.51. The maximum Gasteiger partial charge on any atom is 0.335 e. The maximum absolute atomic E-state index is 11.0. The normalized spacial score (nSPS) is 14.0. The molecule has 0 radical (unpaired) electrons. The van der Waals surface area contributed by atoms with Crippen LogP contribution in [-0.4, -0.2) is 27.7 Å². The lowest BCUT2D eigenvalue weighted by molar-refractivity contribution is -0.143. The first kappa shape index (κ1) is 13.2. The highest BCUT2D eigenvalue weighted by molar-refractivity contribution is 5.87. The highest BCUT2D eigenvalue weighted by Gasteiger charge is 2.31. The van der Waals surface area contributed by atoms with Crippen LogP contribution in [0.25, 0.3) is 0 Å². The molecule has 4 N–H and O–H groups in total. The molecular formula is C12H15NO4. The molecule has 1 aromatic rings. The molecule has 0 aliphatic carbocycles. The van der Waals surface area contributed by atoms with Crippen LogP contribution in [-0.2, 0) is 11.2 Å². The van der Waals surface area contributed by atoms with Crippen molar-refractivity contribution in [1.29, 1.82) is 0 Å². The van der Waals surface area contributed by atoms with Crippen molar-refractivity contribution in [1.82, 2.24) is 0 Å². The molecule has 0 aliphatic heterocycles. The lowest BCUT2D eigenvalue weighted by Gasteiger charge is -2.22. The lowest BCUT2D eigenvalue weighted by atomic mass is 9.89. The second-order valence-corrected chi connectivity index (χ2v) is 3.99. The first-order valence-corrected chi connectivity index (χ1v) is 5.23. The third kappa shape index (κ3) is 3.04. The van der Waals surface area contributed by atoms with Crippen molar-refractivity contribution < 1.29 is 19.8 Å². The summed E-state index contributed by atoms with van der Waals surface area (Å²) in [5.74, 6) is -2.06. The average molecular weight is 237 g/mol. The number of carboxylic acids is 2. The highest BCUT2D eigenvalue weighted by atomic mass is 16.4. The van der Waals surface area contributed by atoms with Gasteiger partial charge in [0, 0.05) is 6.42 Å². The molecule has 5 nitrogen and oxygen atoms in total. The third-order valence-electron chi connectivity index (χ3n) is 2.78. The van der Waals surface area contributed by atoms with E-state index in [-0.39, 0.29) is 12.0 Å². The van der Waals surface area contributed by atoms with Gasteiger partial charge in [0.05, 0.1) is 5.56 Å². The summed E-state index contributed by atoms with van der Waals surface area (Å²) >= 11 is 0. The van der Waals surface area contributed by atoms with Crippen molar-refractivity contribution >= 4 is 11.9 Å². The van der Waals surface area contributed by atoms with Crippen LogP contribution in [0.1, 0.15) is 29.3 Å². The van der Waals surface area contributed by atoms with Crippen LogP contribution in [0.3, 0.4) is 0 Å². The second-order valence-electron chi connectivity index (χ2n) is 3.99. The molecule has 0 heterocycles. The summed E-state index contributed by atoms with van der Waals surface area (Å²) in [6.07, 6.45) is 0.488. The molecule has 0 saturated heterocycles. The average Bonchev–Trinajstić information content (AvgIpc) is 2.29. The minimum Gasteiger partial charge on any atom is -0.480 e. The molecule has 5 heteroatoms. The molecule has 1 atom stereocenters. The van der Waals surface area contributed by atoms with Gasteiger partial charge in [-0.1, -0.05) is 19.1 Å². The number of carboxylic acid groups (broad SMARTS) is 2. The van der Waals surface area contributed by atoms with Crippen LogP contribution in [0.2, 0.25) is 0 Å². The smallest absolute Gasteiger partial charge is 0.335 e. The van der Waals surface area contributed by atoms with Crippen LogP contribution < -0.4 is 5.73 Å². The Kier molecular flexibility index (Phi) is 3.85. The Labute approximate surface area is 98.9 Å². The van der Waals surface area contributed by atoms with Gasteiger partial charge in [-0.25, -0.2) is 4.79 Å². The van der Waals surface area contributed by atoms with Gasteiger partial charge in [-0.05, 0) is 24.1 Å². The number of hydrogen-bond acceptors (Lipinski definition) is 3. The molecule has 0 fully saturated rings. The fourth-order valence-electron chi connectivity index (χ4n) is 1.48. The van der Waals surface area contributed by atoms with Gasteiger partial charge in [0.2, 0.25) is 0 Å². The zero-order chi connectivity index (χ0) is 13.1. The van der Waals surface area contributed by atoms with Crippen LogP contribution in [0.5, 0.6) is 0 Å². The Morgan fingerprint density at radius 2 is 1.76 bits per heavy atom. The van der Waals surface area contributed by atoms with Gasteiger partial charge in [-0.2, -0.15) is 0 Å². The molecule has 1 aromatic carbocycles. The fourth-order valence-corrected chi connectivity index (χ4v) is 1.48. The summed E-state index contributed by atoms with van der Waals surface area (Å²) in [7, 11) is 0. The van der Waals surface area contributed by atoms with E-state index >= 15 is 0 Å². The Morgan fingerprint density at radius 3 is 2.12 bits per heavy atom. The molecule has 1 rings (SSSR count). The molecule has 17 heavy (non-hydrogen) atoms. The van der Waals surface area contributed by atoms with Gasteiger partial charge in [-0.3, -0.25) is 4.79 Å². The van der Waals surface area contributed by atoms with Gasteiger partial charge >= 0.3 is 11.9 Å². The number of rotatable bonds is 5. The second kappa shape index (κ2) is 4.97. The topological polar surface area (TPSA) is 101 Å². The van der Waals surface area contributed by atoms with Gasteiger partial charge in [0.25, 0.3) is 0 Å². The predicted molar refractivity (Wildman–Crippen MR) is 62.0 cm³/mol. The van der Waals surface area contributed by atoms with Crippen molar-refractivity contribution in [3.63, 3.8) is 0 Å². The van der Waals surface area contributed by atoms with Crippen molar-refractivity contribution in [3.05, 3.63) is 35.4 Å². The van der Waals surface area contributed by atoms with E-state index in [1.807, 2.05) is 0 Å². The molecular weight excluding hydrogens is 222 g/mol. The minimum atomic E-state index is -1.30. The molecule has 1 unspecified atom stereocenters. The summed E-state index contributed by atoms with van der Waals surface area (Å²) in [6, 6.07) is 6.05. The van der Waals surface area contributed by atoms with Crippen molar-refractivity contribution in [3.8, 4) is 0 Å². The predicted octanol–water partition coefficient (Wildman–Crippen LogP) is 1.12. The number of benzene rings is 1. The van der Waals surface area contributed by atoms with Crippen LogP contribution in [0, 0.1) is 0 Å². The Hall–Kier alpha value is -1.88. The van der Waals surface area contributed by atoms with Crippen molar-refractivity contribution in [2.75, 3.05) is 0 Å². The summed E-state index contributed by atoms with van der Waals surface area (Å²) in [4.78, 5) is 21.7. The van der Waals surface area contributed by atoms with E-state index in [0.29, 0.717) is 12.0 Å². The molecule has 0 aromatic heterocycles. The zero-order valence-corrected chi connectivity index (χ0v) is 9.51. The van der Waals surface area contributed by atoms with E-state index in [1.54, 1.807) is 19.1 Å². The summed E-state index contributed by atoms with van der Waals surface area (Å²) in [5.41, 5.74) is 5.33. The van der Waals surface area contributed by atoms with Crippen molar-refractivity contribution in [2.24, 2.45) is 5.73 Å². The first-order chi connectivity index (χ1) is 7.89. The number of hydrogen-bond donors (Lipinski definition) is 3. The largest absolute Gasteiger partial charge is 0.480 e. The van der Waals surface area contributed by atoms with Gasteiger partial charge in [0.1, 0.15) is 5.54 Å². The summed E-state index contributed by atoms with van der Waals surface area (Å²) in [5, 5.41) is 17.7. The lowest BCUT2D eigenvalue weighted by Crippen LogP contribution is -2.49. The molecule has 0 bridgehead atoms. The number of carbonyl (C=O) groups is 2. The van der Waals surface area contributed by atoms with Crippen LogP contribution in [0.15, 0.2) is 24.3 Å².